The molecule has 0 aliphatic rings. The zero-order chi connectivity index (χ0) is 15.0. The Morgan fingerprint density at radius 1 is 1.24 bits per heavy atom. The van der Waals surface area contributed by atoms with E-state index in [1.54, 1.807) is 36.4 Å². The number of benzene rings is 2. The van der Waals surface area contributed by atoms with Crippen LogP contribution in [0.25, 0.3) is 22.4 Å². The Morgan fingerprint density at radius 3 is 2.57 bits per heavy atom. The molecule has 102 valence electrons. The van der Waals surface area contributed by atoms with Crippen LogP contribution in [0.5, 0.6) is 0 Å². The molecule has 0 saturated heterocycles. The minimum atomic E-state index is -0.954. The summed E-state index contributed by atoms with van der Waals surface area (Å²) in [5.41, 5.74) is 3.32. The van der Waals surface area contributed by atoms with E-state index < -0.39 is 5.97 Å². The number of nitrogens with zero attached hydrogens (tertiary/aromatic N) is 3. The third-order valence-corrected chi connectivity index (χ3v) is 3.40. The molecule has 1 heterocycles. The minimum absolute atomic E-state index is 0.240. The number of carboxylic acid groups (broad SMARTS) is 1. The van der Waals surface area contributed by atoms with Gasteiger partial charge in [-0.2, -0.15) is 5.26 Å². The molecule has 1 N–H and O–H groups in total. The standard InChI is InChI=1S/C16H11N3O2/c1-19-14-8-10(9-17)2-7-13(14)18-15(19)11-3-5-12(6-4-11)16(20)21/h2-8H,1H3,(H,20,21). The van der Waals surface area contributed by atoms with Gasteiger partial charge in [0, 0.05) is 12.6 Å². The van der Waals surface area contributed by atoms with Gasteiger partial charge in [-0.3, -0.25) is 0 Å². The Kier molecular flexibility index (Phi) is 2.92. The summed E-state index contributed by atoms with van der Waals surface area (Å²) in [5, 5.41) is 17.9. The second-order valence-electron chi connectivity index (χ2n) is 4.69. The van der Waals surface area contributed by atoms with E-state index in [0.29, 0.717) is 5.56 Å². The maximum Gasteiger partial charge on any atom is 0.335 e. The molecule has 3 rings (SSSR count). The molecule has 5 nitrogen and oxygen atoms in total. The first-order chi connectivity index (χ1) is 10.1. The largest absolute Gasteiger partial charge is 0.478 e. The lowest BCUT2D eigenvalue weighted by molar-refractivity contribution is 0.0697. The number of aromatic nitrogens is 2. The molecule has 2 aromatic carbocycles. The number of carboxylic acids is 1. The Hall–Kier alpha value is -3.13. The number of carbonyl (C=O) groups is 1. The van der Waals surface area contributed by atoms with Crippen LogP contribution in [0.15, 0.2) is 42.5 Å². The fourth-order valence-electron chi connectivity index (χ4n) is 2.28. The van der Waals surface area contributed by atoms with Gasteiger partial charge in [-0.1, -0.05) is 12.1 Å². The molecular formula is C16H11N3O2. The Morgan fingerprint density at radius 2 is 1.95 bits per heavy atom. The zero-order valence-corrected chi connectivity index (χ0v) is 11.2. The highest BCUT2D eigenvalue weighted by Gasteiger charge is 2.11. The molecule has 0 fully saturated rings. The highest BCUT2D eigenvalue weighted by Crippen LogP contribution is 2.24. The number of hydrogen-bond acceptors (Lipinski definition) is 3. The van der Waals surface area contributed by atoms with E-state index in [2.05, 4.69) is 11.1 Å². The third-order valence-electron chi connectivity index (χ3n) is 3.40. The highest BCUT2D eigenvalue weighted by atomic mass is 16.4. The number of nitriles is 1. The third kappa shape index (κ3) is 2.13. The van der Waals surface area contributed by atoms with Gasteiger partial charge in [0.25, 0.3) is 0 Å². The van der Waals surface area contributed by atoms with Crippen LogP contribution in [0.4, 0.5) is 0 Å². The zero-order valence-electron chi connectivity index (χ0n) is 11.2. The average Bonchev–Trinajstić information content (AvgIpc) is 2.84. The van der Waals surface area contributed by atoms with Crippen LogP contribution in [-0.2, 0) is 7.05 Å². The van der Waals surface area contributed by atoms with E-state index in [9.17, 15) is 4.79 Å². The van der Waals surface area contributed by atoms with E-state index in [4.69, 9.17) is 10.4 Å². The number of imidazole rings is 1. The van der Waals surface area contributed by atoms with Crippen molar-refractivity contribution in [3.8, 4) is 17.5 Å². The summed E-state index contributed by atoms with van der Waals surface area (Å²) in [6.45, 7) is 0. The van der Waals surface area contributed by atoms with Gasteiger partial charge in [-0.15, -0.1) is 0 Å². The van der Waals surface area contributed by atoms with E-state index >= 15 is 0 Å². The van der Waals surface area contributed by atoms with Crippen molar-refractivity contribution in [1.29, 1.82) is 5.26 Å². The highest BCUT2D eigenvalue weighted by molar-refractivity contribution is 5.88. The fraction of sp³-hybridized carbons (Fsp3) is 0.0625. The van der Waals surface area contributed by atoms with Gasteiger partial charge in [0.1, 0.15) is 5.82 Å². The van der Waals surface area contributed by atoms with Crippen molar-refractivity contribution in [2.24, 2.45) is 7.05 Å². The lowest BCUT2D eigenvalue weighted by Crippen LogP contribution is -1.97. The second-order valence-corrected chi connectivity index (χ2v) is 4.69. The predicted molar refractivity (Wildman–Crippen MR) is 77.8 cm³/mol. The first-order valence-electron chi connectivity index (χ1n) is 6.30. The summed E-state index contributed by atoms with van der Waals surface area (Å²) in [4.78, 5) is 15.4. The van der Waals surface area contributed by atoms with Crippen molar-refractivity contribution in [2.75, 3.05) is 0 Å². The molecule has 0 spiro atoms. The van der Waals surface area contributed by atoms with Crippen molar-refractivity contribution < 1.29 is 9.90 Å². The van der Waals surface area contributed by atoms with Crippen molar-refractivity contribution in [3.63, 3.8) is 0 Å². The van der Waals surface area contributed by atoms with Crippen molar-refractivity contribution >= 4 is 17.0 Å². The molecule has 5 heteroatoms. The van der Waals surface area contributed by atoms with E-state index in [0.717, 1.165) is 22.4 Å². The minimum Gasteiger partial charge on any atom is -0.478 e. The molecule has 0 unspecified atom stereocenters. The van der Waals surface area contributed by atoms with Crippen LogP contribution >= 0.6 is 0 Å². The number of rotatable bonds is 2. The molecular weight excluding hydrogens is 266 g/mol. The van der Waals surface area contributed by atoms with Gasteiger partial charge in [-0.25, -0.2) is 9.78 Å². The van der Waals surface area contributed by atoms with Gasteiger partial charge in [0.15, 0.2) is 0 Å². The van der Waals surface area contributed by atoms with Crippen LogP contribution < -0.4 is 0 Å². The summed E-state index contributed by atoms with van der Waals surface area (Å²) < 4.78 is 1.89. The van der Waals surface area contributed by atoms with Gasteiger partial charge >= 0.3 is 5.97 Å². The molecule has 0 aliphatic heterocycles. The summed E-state index contributed by atoms with van der Waals surface area (Å²) in [6.07, 6.45) is 0. The predicted octanol–water partition coefficient (Wildman–Crippen LogP) is 2.81. The van der Waals surface area contributed by atoms with Gasteiger partial charge in [-0.05, 0) is 30.3 Å². The molecule has 0 atom stereocenters. The smallest absolute Gasteiger partial charge is 0.335 e. The molecule has 0 bridgehead atoms. The molecule has 3 aromatic rings. The average molecular weight is 277 g/mol. The van der Waals surface area contributed by atoms with Crippen molar-refractivity contribution in [2.45, 2.75) is 0 Å². The van der Waals surface area contributed by atoms with E-state index in [1.165, 1.54) is 0 Å². The molecule has 0 saturated carbocycles. The van der Waals surface area contributed by atoms with Gasteiger partial charge < -0.3 is 9.67 Å². The van der Waals surface area contributed by atoms with Crippen molar-refractivity contribution in [3.05, 3.63) is 53.6 Å². The SMILES string of the molecule is Cn1c(-c2ccc(C(=O)O)cc2)nc2ccc(C#N)cc21. The van der Waals surface area contributed by atoms with Crippen LogP contribution in [0.3, 0.4) is 0 Å². The fourth-order valence-corrected chi connectivity index (χ4v) is 2.28. The van der Waals surface area contributed by atoms with Crippen LogP contribution in [-0.4, -0.2) is 20.6 Å². The summed E-state index contributed by atoms with van der Waals surface area (Å²) in [5.74, 6) is -0.220. The van der Waals surface area contributed by atoms with Crippen LogP contribution in [0.2, 0.25) is 0 Å². The Bertz CT molecular complexity index is 886. The molecule has 0 amide bonds. The monoisotopic (exact) mass is 277 g/mol. The summed E-state index contributed by atoms with van der Waals surface area (Å²) in [6, 6.07) is 14.0. The number of hydrogen-bond donors (Lipinski definition) is 1. The molecule has 0 radical (unpaired) electrons. The maximum absolute atomic E-state index is 10.9. The van der Waals surface area contributed by atoms with Crippen LogP contribution in [0, 0.1) is 11.3 Å². The van der Waals surface area contributed by atoms with Gasteiger partial charge in [0.05, 0.1) is 28.2 Å². The Labute approximate surface area is 120 Å². The normalized spacial score (nSPS) is 10.5. The maximum atomic E-state index is 10.9. The Balaban J connectivity index is 2.14. The molecule has 0 aliphatic carbocycles. The topological polar surface area (TPSA) is 78.9 Å². The summed E-state index contributed by atoms with van der Waals surface area (Å²) in [7, 11) is 1.87. The number of aromatic carboxylic acids is 1. The first kappa shape index (κ1) is 12.9. The van der Waals surface area contributed by atoms with Gasteiger partial charge in [0.2, 0.25) is 0 Å². The number of fused-ring (bicyclic) bond motifs is 1. The van der Waals surface area contributed by atoms with E-state index in [-0.39, 0.29) is 5.56 Å². The number of aryl methyl sites for hydroxylation is 1. The van der Waals surface area contributed by atoms with Crippen molar-refractivity contribution in [1.82, 2.24) is 9.55 Å². The van der Waals surface area contributed by atoms with E-state index in [1.807, 2.05) is 17.7 Å². The lowest BCUT2D eigenvalue weighted by atomic mass is 10.1. The van der Waals surface area contributed by atoms with Crippen LogP contribution in [0.1, 0.15) is 15.9 Å². The first-order valence-corrected chi connectivity index (χ1v) is 6.30. The summed E-state index contributed by atoms with van der Waals surface area (Å²) >= 11 is 0. The molecule has 1 aromatic heterocycles. The quantitative estimate of drug-likeness (QED) is 0.781. The lowest BCUT2D eigenvalue weighted by Gasteiger charge is -2.03. The molecule has 21 heavy (non-hydrogen) atoms. The second kappa shape index (κ2) is 4.76.